The summed E-state index contributed by atoms with van der Waals surface area (Å²) in [5.74, 6) is -1.41. The Balaban J connectivity index is 0.822. The fourth-order valence-corrected chi connectivity index (χ4v) is 8.03. The Morgan fingerprint density at radius 3 is 2.46 bits per heavy atom. The monoisotopic (exact) mass is 781 g/mol. The van der Waals surface area contributed by atoms with Crippen LogP contribution in [0.2, 0.25) is 5.02 Å². The zero-order valence-electron chi connectivity index (χ0n) is 30.9. The summed E-state index contributed by atoms with van der Waals surface area (Å²) >= 11 is 6.31. The molecule has 1 unspecified atom stereocenters. The number of piperazine rings is 1. The van der Waals surface area contributed by atoms with E-state index in [1.807, 2.05) is 18.2 Å². The largest absolute Gasteiger partial charge is 0.375 e. The lowest BCUT2D eigenvalue weighted by molar-refractivity contribution is -0.132. The molecule has 4 aromatic rings. The molecule has 0 bridgehead atoms. The quantitative estimate of drug-likeness (QED) is 0.149. The van der Waals surface area contributed by atoms with Crippen LogP contribution < -0.4 is 10.5 Å². The lowest BCUT2D eigenvalue weighted by Crippen LogP contribution is -2.50. The van der Waals surface area contributed by atoms with Gasteiger partial charge in [0.25, 0.3) is 17.4 Å². The van der Waals surface area contributed by atoms with Crippen molar-refractivity contribution in [1.82, 2.24) is 24.9 Å². The minimum atomic E-state index is -0.707. The lowest BCUT2D eigenvalue weighted by Gasteiger charge is -2.35. The van der Waals surface area contributed by atoms with Gasteiger partial charge in [0.05, 0.1) is 39.0 Å². The predicted octanol–water partition coefficient (Wildman–Crippen LogP) is 5.35. The minimum absolute atomic E-state index is 0.0148. The highest BCUT2D eigenvalue weighted by Crippen LogP contribution is 2.37. The Kier molecular flexibility index (Phi) is 11.5. The smallest absolute Gasteiger partial charge is 0.332 e. The van der Waals surface area contributed by atoms with E-state index < -0.39 is 29.9 Å². The molecule has 1 N–H and O–H groups in total. The summed E-state index contributed by atoms with van der Waals surface area (Å²) in [6.45, 7) is 3.83. The maximum atomic E-state index is 14.9. The van der Waals surface area contributed by atoms with Crippen LogP contribution >= 0.6 is 11.6 Å². The number of unbranched alkanes of at least 4 members (excludes halogenated alkanes) is 3. The molecule has 2 atom stereocenters. The molecular formula is C41H41ClFN7O6. The Labute approximate surface area is 327 Å². The summed E-state index contributed by atoms with van der Waals surface area (Å²) in [6, 6.07) is 15.5. The molecule has 5 amide bonds. The van der Waals surface area contributed by atoms with Gasteiger partial charge in [-0.25, -0.2) is 19.2 Å². The molecule has 3 aliphatic rings. The molecule has 290 valence electrons. The van der Waals surface area contributed by atoms with Gasteiger partial charge in [-0.05, 0) is 67.6 Å². The van der Waals surface area contributed by atoms with Crippen molar-refractivity contribution in [3.8, 4) is 6.07 Å². The van der Waals surface area contributed by atoms with Gasteiger partial charge in [-0.1, -0.05) is 48.7 Å². The van der Waals surface area contributed by atoms with Crippen LogP contribution in [0.25, 0.3) is 10.8 Å². The first kappa shape index (κ1) is 38.6. The molecule has 13 nitrogen and oxygen atoms in total. The van der Waals surface area contributed by atoms with Crippen LogP contribution in [0.5, 0.6) is 0 Å². The normalized spacial score (nSPS) is 18.2. The molecule has 3 fully saturated rings. The van der Waals surface area contributed by atoms with Gasteiger partial charge in [-0.15, -0.1) is 0 Å². The van der Waals surface area contributed by atoms with E-state index in [1.54, 1.807) is 41.0 Å². The van der Waals surface area contributed by atoms with E-state index in [0.717, 1.165) is 24.2 Å². The van der Waals surface area contributed by atoms with Crippen LogP contribution in [-0.2, 0) is 20.7 Å². The maximum Gasteiger partial charge on any atom is 0.332 e. The molecule has 7 rings (SSSR count). The second-order valence-electron chi connectivity index (χ2n) is 14.3. The molecule has 3 aromatic carbocycles. The summed E-state index contributed by atoms with van der Waals surface area (Å²) in [5, 5.41) is 17.4. The summed E-state index contributed by atoms with van der Waals surface area (Å²) in [4.78, 5) is 71.2. The van der Waals surface area contributed by atoms with Crippen molar-refractivity contribution in [2.75, 3.05) is 44.2 Å². The summed E-state index contributed by atoms with van der Waals surface area (Å²) in [7, 11) is 0. The Hall–Kier alpha value is -5.65. The van der Waals surface area contributed by atoms with Crippen LogP contribution in [0, 0.1) is 24.1 Å². The fraction of sp³-hybridized carbons (Fsp3) is 0.390. The number of benzene rings is 3. The second kappa shape index (κ2) is 16.6. The van der Waals surface area contributed by atoms with Gasteiger partial charge in [-0.3, -0.25) is 19.2 Å². The molecule has 4 heterocycles. The topological polar surface area (TPSA) is 160 Å². The SMILES string of the molecule is Cc1c(N2C(=O)[C@@H]3C(OCCCCCCC(=O)N4CCN(C(=O)c5cc(Cc6n[nH]c(=O)c7ccccc67)ccc5F)CC4)CCN3C2=O)ccc(C#N)c1Cl. The number of halogens is 2. The highest BCUT2D eigenvalue weighted by Gasteiger charge is 2.53. The number of amides is 5. The third kappa shape index (κ3) is 7.61. The number of urea groups is 1. The fourth-order valence-electron chi connectivity index (χ4n) is 7.83. The van der Waals surface area contributed by atoms with E-state index in [1.165, 1.54) is 23.1 Å². The molecule has 0 aliphatic carbocycles. The van der Waals surface area contributed by atoms with E-state index in [2.05, 4.69) is 10.2 Å². The molecule has 15 heteroatoms. The molecule has 1 aromatic heterocycles. The van der Waals surface area contributed by atoms with Gasteiger partial charge in [0, 0.05) is 57.6 Å². The van der Waals surface area contributed by atoms with Crippen LogP contribution in [-0.4, -0.2) is 100 Å². The highest BCUT2D eigenvalue weighted by molar-refractivity contribution is 6.33. The molecule has 3 saturated heterocycles. The first-order valence-corrected chi connectivity index (χ1v) is 19.2. The van der Waals surface area contributed by atoms with Crippen LogP contribution in [0.15, 0.2) is 59.4 Å². The van der Waals surface area contributed by atoms with Gasteiger partial charge in [0.1, 0.15) is 17.9 Å². The third-order valence-corrected chi connectivity index (χ3v) is 11.4. The lowest BCUT2D eigenvalue weighted by atomic mass is 10.0. The average molecular weight is 782 g/mol. The molecule has 3 aliphatic heterocycles. The highest BCUT2D eigenvalue weighted by atomic mass is 35.5. The number of nitrogens with one attached hydrogen (secondary N) is 1. The number of imide groups is 1. The number of carbonyl (C=O) groups is 4. The number of nitriles is 1. The van der Waals surface area contributed by atoms with Gasteiger partial charge < -0.3 is 19.4 Å². The van der Waals surface area contributed by atoms with Gasteiger partial charge >= 0.3 is 6.03 Å². The van der Waals surface area contributed by atoms with Gasteiger partial charge in [-0.2, -0.15) is 10.4 Å². The van der Waals surface area contributed by atoms with Gasteiger partial charge in [0.15, 0.2) is 0 Å². The van der Waals surface area contributed by atoms with E-state index >= 15 is 0 Å². The molecule has 56 heavy (non-hydrogen) atoms. The molecule has 0 spiro atoms. The summed E-state index contributed by atoms with van der Waals surface area (Å²) in [5.41, 5.74) is 2.09. The number of aromatic amines is 1. The van der Waals surface area contributed by atoms with E-state index in [-0.39, 0.29) is 33.5 Å². The van der Waals surface area contributed by atoms with Crippen molar-refractivity contribution >= 4 is 51.8 Å². The van der Waals surface area contributed by atoms with Crippen molar-refractivity contribution in [3.05, 3.63) is 104 Å². The first-order chi connectivity index (χ1) is 27.1. The predicted molar refractivity (Wildman–Crippen MR) is 206 cm³/mol. The van der Waals surface area contributed by atoms with E-state index in [9.17, 15) is 33.6 Å². The standard InChI is InChI=1S/C41H41ClFN7O6/c1-25-33(14-12-27(24-44)36(25)42)50-40(54)37-34(15-16-49(37)41(50)55)56-21-7-3-2-4-10-35(51)47-17-19-48(20-18-47)39(53)30-22-26(11-13-31(30)43)23-32-28-8-5-6-9-29(28)38(52)46-45-32/h5-6,8-9,11-14,22,34,37H,2-4,7,10,15-21,23H2,1H3,(H,46,52)/t34?,37-/m0/s1. The number of rotatable bonds is 12. The minimum Gasteiger partial charge on any atom is -0.375 e. The van der Waals surface area contributed by atoms with Crippen LogP contribution in [0.4, 0.5) is 14.9 Å². The van der Waals surface area contributed by atoms with Crippen molar-refractivity contribution in [1.29, 1.82) is 5.26 Å². The number of carbonyl (C=O) groups excluding carboxylic acids is 4. The molecule has 0 saturated carbocycles. The number of nitrogens with zero attached hydrogens (tertiary/aromatic N) is 6. The second-order valence-corrected chi connectivity index (χ2v) is 14.7. The Morgan fingerprint density at radius 2 is 1.70 bits per heavy atom. The van der Waals surface area contributed by atoms with Crippen molar-refractivity contribution in [2.24, 2.45) is 0 Å². The number of fused-ring (bicyclic) bond motifs is 2. The van der Waals surface area contributed by atoms with E-state index in [4.69, 9.17) is 16.3 Å². The number of hydrogen-bond acceptors (Lipinski definition) is 8. The van der Waals surface area contributed by atoms with Crippen molar-refractivity contribution in [2.45, 2.75) is 64.0 Å². The number of ether oxygens (including phenoxy) is 1. The Bertz CT molecular complexity index is 2300. The summed E-state index contributed by atoms with van der Waals surface area (Å²) < 4.78 is 21.0. The molecular weight excluding hydrogens is 741 g/mol. The maximum absolute atomic E-state index is 14.9. The number of H-pyrrole nitrogens is 1. The zero-order chi connectivity index (χ0) is 39.5. The third-order valence-electron chi connectivity index (χ3n) is 10.9. The number of aromatic nitrogens is 2. The zero-order valence-corrected chi connectivity index (χ0v) is 31.7. The first-order valence-electron chi connectivity index (χ1n) is 18.8. The van der Waals surface area contributed by atoms with Crippen molar-refractivity contribution < 1.29 is 28.3 Å². The van der Waals surface area contributed by atoms with Gasteiger partial charge in [0.2, 0.25) is 5.91 Å². The summed E-state index contributed by atoms with van der Waals surface area (Å²) in [6.07, 6.45) is 3.91. The number of anilines is 1. The van der Waals surface area contributed by atoms with E-state index in [0.29, 0.717) is 98.3 Å². The Morgan fingerprint density at radius 1 is 0.964 bits per heavy atom. The van der Waals surface area contributed by atoms with Crippen LogP contribution in [0.3, 0.4) is 0 Å². The average Bonchev–Trinajstić information content (AvgIpc) is 3.74. The molecule has 0 radical (unpaired) electrons. The number of hydrogen-bond donors (Lipinski definition) is 1. The van der Waals surface area contributed by atoms with Crippen molar-refractivity contribution in [3.63, 3.8) is 0 Å². The van der Waals surface area contributed by atoms with Crippen LogP contribution in [0.1, 0.15) is 71.3 Å².